The van der Waals surface area contributed by atoms with Crippen LogP contribution in [0.3, 0.4) is 0 Å². The molecule has 2 aromatic carbocycles. The third-order valence-corrected chi connectivity index (χ3v) is 21.1. The SMILES string of the molecule is CC(C)(C)c1cc(C2=CCC(c3cc(C(C)(C)C)cc(C(C)(C)C)c3)=C2[Si]N([Si](C)(C)C)[Si](C)(C)C)cc(C(C)(C)C)c1. The first kappa shape index (κ1) is 36.0. The van der Waals surface area contributed by atoms with Gasteiger partial charge in [0, 0.05) is 0 Å². The summed E-state index contributed by atoms with van der Waals surface area (Å²) in [6.45, 7) is 43.6. The summed E-state index contributed by atoms with van der Waals surface area (Å²) in [5.74, 6) is 0. The molecule has 0 aromatic heterocycles. The molecule has 2 radical (unpaired) electrons. The summed E-state index contributed by atoms with van der Waals surface area (Å²) in [5.41, 5.74) is 12.0. The van der Waals surface area contributed by atoms with Gasteiger partial charge in [-0.15, -0.1) is 0 Å². The number of benzene rings is 2. The molecule has 1 nitrogen and oxygen atoms in total. The van der Waals surface area contributed by atoms with Crippen molar-refractivity contribution in [3.63, 3.8) is 0 Å². The first-order valence-electron chi connectivity index (χ1n) is 16.4. The van der Waals surface area contributed by atoms with E-state index in [1.165, 1.54) is 39.0 Å². The molecule has 0 saturated carbocycles. The van der Waals surface area contributed by atoms with Gasteiger partial charge in [-0.2, -0.15) is 0 Å². The molecule has 0 spiro atoms. The fraction of sp³-hybridized carbons (Fsp3) is 0.590. The summed E-state index contributed by atoms with van der Waals surface area (Å²) in [7, 11) is -2.44. The highest BCUT2D eigenvalue weighted by molar-refractivity contribution is 6.97. The molecular weight excluding hydrogens is 567 g/mol. The average Bonchev–Trinajstić information content (AvgIpc) is 3.22. The Hall–Kier alpha value is -1.47. The van der Waals surface area contributed by atoms with Crippen LogP contribution in [0.2, 0.25) is 39.3 Å². The molecule has 0 saturated heterocycles. The van der Waals surface area contributed by atoms with Crippen molar-refractivity contribution in [2.45, 2.75) is 150 Å². The minimum atomic E-state index is -1.57. The fourth-order valence-electron chi connectivity index (χ4n) is 5.99. The maximum atomic E-state index is 3.01. The maximum Gasteiger partial charge on any atom is 0.168 e. The maximum absolute atomic E-state index is 3.01. The minimum Gasteiger partial charge on any atom is -0.367 e. The zero-order valence-corrected chi connectivity index (χ0v) is 34.2. The fourth-order valence-corrected chi connectivity index (χ4v) is 18.4. The van der Waals surface area contributed by atoms with Crippen LogP contribution in [-0.4, -0.2) is 30.0 Å². The lowest BCUT2D eigenvalue weighted by Gasteiger charge is -2.44. The van der Waals surface area contributed by atoms with Gasteiger partial charge >= 0.3 is 0 Å². The molecule has 0 atom stereocenters. The Morgan fingerprint density at radius 3 is 1.14 bits per heavy atom. The second-order valence-corrected chi connectivity index (χ2v) is 31.2. The lowest BCUT2D eigenvalue weighted by Crippen LogP contribution is -2.61. The molecule has 1 aliphatic carbocycles. The van der Waals surface area contributed by atoms with Gasteiger partial charge in [0.25, 0.3) is 0 Å². The quantitative estimate of drug-likeness (QED) is 0.287. The van der Waals surface area contributed by atoms with Crippen molar-refractivity contribution in [2.24, 2.45) is 0 Å². The van der Waals surface area contributed by atoms with Crippen molar-refractivity contribution in [2.75, 3.05) is 0 Å². The summed E-state index contributed by atoms with van der Waals surface area (Å²) < 4.78 is 3.01. The van der Waals surface area contributed by atoms with Crippen LogP contribution in [-0.2, 0) is 21.7 Å². The van der Waals surface area contributed by atoms with Gasteiger partial charge in [0.1, 0.15) is 16.5 Å². The molecule has 0 aliphatic heterocycles. The minimum absolute atomic E-state index is 0.0928. The normalized spacial score (nSPS) is 15.9. The Morgan fingerprint density at radius 1 is 0.512 bits per heavy atom. The molecule has 0 unspecified atom stereocenters. The number of allylic oxidation sites excluding steroid dienone is 4. The molecule has 2 aromatic rings. The first-order valence-corrected chi connectivity index (χ1v) is 24.3. The zero-order valence-electron chi connectivity index (χ0n) is 31.2. The molecule has 0 heterocycles. The van der Waals surface area contributed by atoms with E-state index in [-0.39, 0.29) is 21.7 Å². The van der Waals surface area contributed by atoms with Crippen LogP contribution >= 0.6 is 0 Å². The van der Waals surface area contributed by atoms with Gasteiger partial charge < -0.3 is 3.90 Å². The van der Waals surface area contributed by atoms with Crippen LogP contribution in [0.15, 0.2) is 47.7 Å². The molecule has 236 valence electrons. The van der Waals surface area contributed by atoms with E-state index < -0.39 is 16.5 Å². The van der Waals surface area contributed by atoms with E-state index in [9.17, 15) is 0 Å². The highest BCUT2D eigenvalue weighted by Gasteiger charge is 2.37. The molecule has 43 heavy (non-hydrogen) atoms. The van der Waals surface area contributed by atoms with E-state index in [0.717, 1.165) is 6.42 Å². The monoisotopic (exact) mass is 629 g/mol. The van der Waals surface area contributed by atoms with Crippen molar-refractivity contribution >= 4 is 37.3 Å². The summed E-state index contributed by atoms with van der Waals surface area (Å²) >= 11 is 0. The lowest BCUT2D eigenvalue weighted by molar-refractivity contribution is 0.567. The molecule has 0 fully saturated rings. The number of hydrogen-bond donors (Lipinski definition) is 0. The highest BCUT2D eigenvalue weighted by Crippen LogP contribution is 2.44. The largest absolute Gasteiger partial charge is 0.367 e. The summed E-state index contributed by atoms with van der Waals surface area (Å²) in [4.78, 5) is 0. The van der Waals surface area contributed by atoms with Crippen LogP contribution in [0.5, 0.6) is 0 Å². The topological polar surface area (TPSA) is 3.24 Å². The van der Waals surface area contributed by atoms with Gasteiger partial charge in [0.2, 0.25) is 0 Å². The third kappa shape index (κ3) is 8.62. The number of hydrogen-bond acceptors (Lipinski definition) is 1. The Bertz CT molecular complexity index is 1320. The Labute approximate surface area is 271 Å². The Balaban J connectivity index is 2.41. The highest BCUT2D eigenvalue weighted by atomic mass is 28.5. The van der Waals surface area contributed by atoms with Gasteiger partial charge in [0.05, 0.1) is 0 Å². The van der Waals surface area contributed by atoms with E-state index in [0.29, 0.717) is 9.68 Å². The molecule has 0 bridgehead atoms. The smallest absolute Gasteiger partial charge is 0.168 e. The average molecular weight is 630 g/mol. The van der Waals surface area contributed by atoms with Crippen LogP contribution in [0.25, 0.3) is 11.1 Å². The molecule has 1 aliphatic rings. The summed E-state index contributed by atoms with van der Waals surface area (Å²) in [5, 5.41) is 1.58. The van der Waals surface area contributed by atoms with Gasteiger partial charge in [0.15, 0.2) is 9.68 Å². The van der Waals surface area contributed by atoms with Crippen molar-refractivity contribution in [1.82, 2.24) is 3.90 Å². The Kier molecular flexibility index (Phi) is 9.81. The van der Waals surface area contributed by atoms with Gasteiger partial charge in [-0.25, -0.2) is 0 Å². The molecule has 0 amide bonds. The molecule has 3 rings (SSSR count). The van der Waals surface area contributed by atoms with Crippen LogP contribution in [0.1, 0.15) is 123 Å². The summed E-state index contributed by atoms with van der Waals surface area (Å²) in [6, 6.07) is 15.0. The van der Waals surface area contributed by atoms with Crippen LogP contribution in [0, 0.1) is 0 Å². The van der Waals surface area contributed by atoms with Crippen molar-refractivity contribution in [3.05, 3.63) is 81.1 Å². The van der Waals surface area contributed by atoms with E-state index in [1.54, 1.807) is 10.8 Å². The third-order valence-electron chi connectivity index (χ3n) is 8.64. The number of nitrogens with zero attached hydrogens (tertiary/aromatic N) is 1. The lowest BCUT2D eigenvalue weighted by atomic mass is 9.78. The first-order chi connectivity index (χ1) is 19.1. The predicted octanol–water partition coefficient (Wildman–Crippen LogP) is 11.7. The Morgan fingerprint density at radius 2 is 0.837 bits per heavy atom. The number of rotatable bonds is 6. The summed E-state index contributed by atoms with van der Waals surface area (Å²) in [6.07, 6.45) is 3.57. The van der Waals surface area contributed by atoms with Gasteiger partial charge in [-0.1, -0.05) is 165 Å². The van der Waals surface area contributed by atoms with Crippen molar-refractivity contribution in [3.8, 4) is 0 Å². The molecular formula is C39H63NSi3. The molecule has 0 N–H and O–H groups in total. The van der Waals surface area contributed by atoms with E-state index in [1.807, 2.05) is 0 Å². The van der Waals surface area contributed by atoms with Crippen LogP contribution in [0.4, 0.5) is 0 Å². The second kappa shape index (κ2) is 11.7. The van der Waals surface area contributed by atoms with Crippen molar-refractivity contribution < 1.29 is 0 Å². The van der Waals surface area contributed by atoms with Gasteiger partial charge in [-0.05, 0) is 77.8 Å². The zero-order chi connectivity index (χ0) is 33.1. The predicted molar refractivity (Wildman–Crippen MR) is 201 cm³/mol. The van der Waals surface area contributed by atoms with E-state index in [2.05, 4.69) is 169 Å². The van der Waals surface area contributed by atoms with Crippen LogP contribution < -0.4 is 0 Å². The van der Waals surface area contributed by atoms with Gasteiger partial charge in [-0.3, -0.25) is 0 Å². The van der Waals surface area contributed by atoms with Crippen molar-refractivity contribution in [1.29, 1.82) is 0 Å². The van der Waals surface area contributed by atoms with E-state index in [4.69, 9.17) is 0 Å². The second-order valence-electron chi connectivity index (χ2n) is 19.1. The van der Waals surface area contributed by atoms with E-state index >= 15 is 0 Å². The molecule has 4 heteroatoms. The standard InChI is InChI=1S/C39H63NSi3/c1-36(2,3)29-21-27(22-30(25-29)37(4,5)6)33-19-20-34(35(33)41-40(42(13,14)15)43(16,17)18)28-23-31(38(7,8)9)26-32(24-28)39(10,11)12/h19,21-26H,20H2,1-18H3.